The number of nitrogens with zero attached hydrogens (tertiary/aromatic N) is 3. The third kappa shape index (κ3) is 5.10. The highest BCUT2D eigenvalue weighted by Gasteiger charge is 2.33. The number of aliphatic imine (C=N–C) groups is 2. The van der Waals surface area contributed by atoms with Crippen LogP contribution in [0.3, 0.4) is 0 Å². The summed E-state index contributed by atoms with van der Waals surface area (Å²) in [5.74, 6) is 1.54. The lowest BCUT2D eigenvalue weighted by atomic mass is 10.0. The van der Waals surface area contributed by atoms with Crippen LogP contribution in [0.5, 0.6) is 5.75 Å². The van der Waals surface area contributed by atoms with Gasteiger partial charge in [-0.1, -0.05) is 19.1 Å². The molecular weight excluding hydrogens is 374 g/mol. The molecule has 0 saturated heterocycles. The topological polar surface area (TPSA) is 98.5 Å². The highest BCUT2D eigenvalue weighted by Crippen LogP contribution is 2.21. The van der Waals surface area contributed by atoms with Crippen molar-refractivity contribution >= 4 is 28.9 Å². The fraction of sp³-hybridized carbons (Fsp3) is 0.500. The van der Waals surface area contributed by atoms with Crippen LogP contribution in [-0.4, -0.2) is 36.4 Å². The summed E-state index contributed by atoms with van der Waals surface area (Å²) >= 11 is 0. The second-order valence-electron chi connectivity index (χ2n) is 6.18. The third-order valence-corrected chi connectivity index (χ3v) is 3.55. The van der Waals surface area contributed by atoms with Crippen LogP contribution in [-0.2, 0) is 11.3 Å². The van der Waals surface area contributed by atoms with Gasteiger partial charge in [-0.3, -0.25) is 4.84 Å². The SMILES string of the molecule is Br.COc1ccc(CC(C)CON2C(N)=NC(N)=NC2(C)C)cc1. The first-order valence-corrected chi connectivity index (χ1v) is 7.57. The summed E-state index contributed by atoms with van der Waals surface area (Å²) in [5.41, 5.74) is 12.1. The summed E-state index contributed by atoms with van der Waals surface area (Å²) in [6.07, 6.45) is 0.890. The van der Waals surface area contributed by atoms with E-state index in [2.05, 4.69) is 29.0 Å². The second kappa shape index (κ2) is 8.34. The zero-order valence-electron chi connectivity index (χ0n) is 14.5. The average Bonchev–Trinajstić information content (AvgIpc) is 2.46. The van der Waals surface area contributed by atoms with Gasteiger partial charge in [0.2, 0.25) is 11.9 Å². The van der Waals surface area contributed by atoms with Crippen LogP contribution in [0.2, 0.25) is 0 Å². The van der Waals surface area contributed by atoms with Crippen molar-refractivity contribution in [2.24, 2.45) is 27.4 Å². The molecule has 7 nitrogen and oxygen atoms in total. The molecule has 1 aromatic carbocycles. The molecule has 0 saturated carbocycles. The zero-order valence-corrected chi connectivity index (χ0v) is 16.2. The summed E-state index contributed by atoms with van der Waals surface area (Å²) in [5, 5.41) is 1.51. The van der Waals surface area contributed by atoms with Gasteiger partial charge in [-0.25, -0.2) is 4.99 Å². The minimum Gasteiger partial charge on any atom is -0.497 e. The molecule has 2 rings (SSSR count). The summed E-state index contributed by atoms with van der Waals surface area (Å²) in [4.78, 5) is 14.0. The van der Waals surface area contributed by atoms with E-state index in [9.17, 15) is 0 Å². The molecule has 8 heteroatoms. The Labute approximate surface area is 153 Å². The van der Waals surface area contributed by atoms with Crippen LogP contribution in [0.4, 0.5) is 0 Å². The van der Waals surface area contributed by atoms with Crippen LogP contribution in [0.15, 0.2) is 34.3 Å². The van der Waals surface area contributed by atoms with E-state index in [0.717, 1.165) is 12.2 Å². The highest BCUT2D eigenvalue weighted by molar-refractivity contribution is 8.93. The standard InChI is InChI=1S/C16H25N5O2.BrH/c1-11(9-12-5-7-13(22-4)8-6-12)10-23-21-15(18)19-14(17)20-16(21,2)3;/h5-8,11H,9-10H2,1-4H3,(H4,17,18,19,20);1H. The number of ether oxygens (including phenoxy) is 1. The molecule has 0 amide bonds. The number of benzene rings is 1. The molecule has 0 bridgehead atoms. The van der Waals surface area contributed by atoms with Gasteiger partial charge in [0.1, 0.15) is 5.75 Å². The minimum atomic E-state index is -0.671. The maximum absolute atomic E-state index is 5.89. The lowest BCUT2D eigenvalue weighted by Gasteiger charge is -2.37. The van der Waals surface area contributed by atoms with Crippen LogP contribution in [0.1, 0.15) is 26.3 Å². The van der Waals surface area contributed by atoms with Crippen molar-refractivity contribution in [3.05, 3.63) is 29.8 Å². The maximum atomic E-state index is 5.89. The van der Waals surface area contributed by atoms with Crippen molar-refractivity contribution in [1.82, 2.24) is 5.06 Å². The number of hydrogen-bond acceptors (Lipinski definition) is 7. The Balaban J connectivity index is 0.00000288. The van der Waals surface area contributed by atoms with Crippen LogP contribution >= 0.6 is 17.0 Å². The number of guanidine groups is 2. The Bertz CT molecular complexity index is 601. The Kier molecular flexibility index (Phi) is 7.04. The Morgan fingerprint density at radius 1 is 1.21 bits per heavy atom. The van der Waals surface area contributed by atoms with Gasteiger partial charge >= 0.3 is 0 Å². The molecule has 1 atom stereocenters. The zero-order chi connectivity index (χ0) is 17.0. The van der Waals surface area contributed by atoms with Crippen LogP contribution in [0.25, 0.3) is 0 Å². The van der Waals surface area contributed by atoms with E-state index in [-0.39, 0.29) is 28.9 Å². The molecular formula is C16H26BrN5O2. The number of halogens is 1. The minimum absolute atomic E-state index is 0. The number of methoxy groups -OCH3 is 1. The molecule has 1 aliphatic rings. The maximum Gasteiger partial charge on any atom is 0.226 e. The van der Waals surface area contributed by atoms with E-state index < -0.39 is 5.66 Å². The molecule has 134 valence electrons. The number of hydrogen-bond donors (Lipinski definition) is 2. The normalized spacial score (nSPS) is 17.4. The lowest BCUT2D eigenvalue weighted by molar-refractivity contribution is -0.165. The molecule has 4 N–H and O–H groups in total. The molecule has 1 unspecified atom stereocenters. The lowest BCUT2D eigenvalue weighted by Crippen LogP contribution is -2.54. The van der Waals surface area contributed by atoms with Crippen molar-refractivity contribution in [2.45, 2.75) is 32.9 Å². The summed E-state index contributed by atoms with van der Waals surface area (Å²) < 4.78 is 5.16. The predicted octanol–water partition coefficient (Wildman–Crippen LogP) is 2.06. The Hall–Kier alpha value is -1.80. The quantitative estimate of drug-likeness (QED) is 0.762. The largest absolute Gasteiger partial charge is 0.497 e. The van der Waals surface area contributed by atoms with E-state index in [1.807, 2.05) is 26.0 Å². The molecule has 24 heavy (non-hydrogen) atoms. The first kappa shape index (κ1) is 20.2. The van der Waals surface area contributed by atoms with Crippen molar-refractivity contribution in [1.29, 1.82) is 0 Å². The van der Waals surface area contributed by atoms with Crippen LogP contribution in [0, 0.1) is 5.92 Å². The summed E-state index contributed by atoms with van der Waals surface area (Å²) in [6, 6.07) is 8.03. The van der Waals surface area contributed by atoms with Gasteiger partial charge in [0.15, 0.2) is 5.66 Å². The molecule has 0 spiro atoms. The van der Waals surface area contributed by atoms with E-state index in [0.29, 0.717) is 12.5 Å². The van der Waals surface area contributed by atoms with Gasteiger partial charge < -0.3 is 16.2 Å². The molecule has 0 aromatic heterocycles. The fourth-order valence-corrected chi connectivity index (χ4v) is 2.44. The van der Waals surface area contributed by atoms with Crippen molar-refractivity contribution < 1.29 is 9.57 Å². The van der Waals surface area contributed by atoms with Gasteiger partial charge in [-0.05, 0) is 43.9 Å². The third-order valence-electron chi connectivity index (χ3n) is 3.55. The van der Waals surface area contributed by atoms with Crippen molar-refractivity contribution in [2.75, 3.05) is 13.7 Å². The molecule has 1 aliphatic heterocycles. The molecule has 0 fully saturated rings. The molecule has 1 heterocycles. The molecule has 0 radical (unpaired) electrons. The monoisotopic (exact) mass is 399 g/mol. The first-order valence-electron chi connectivity index (χ1n) is 7.57. The highest BCUT2D eigenvalue weighted by atomic mass is 79.9. The van der Waals surface area contributed by atoms with Gasteiger partial charge in [-0.15, -0.1) is 17.0 Å². The smallest absolute Gasteiger partial charge is 0.226 e. The van der Waals surface area contributed by atoms with E-state index in [1.165, 1.54) is 10.6 Å². The fourth-order valence-electron chi connectivity index (χ4n) is 2.44. The van der Waals surface area contributed by atoms with E-state index >= 15 is 0 Å². The second-order valence-corrected chi connectivity index (χ2v) is 6.18. The summed E-state index contributed by atoms with van der Waals surface area (Å²) in [6.45, 7) is 6.36. The van der Waals surface area contributed by atoms with Gasteiger partial charge in [0.05, 0.1) is 13.7 Å². The summed E-state index contributed by atoms with van der Waals surface area (Å²) in [7, 11) is 1.66. The number of nitrogens with two attached hydrogens (primary N) is 2. The molecule has 0 aliphatic carbocycles. The average molecular weight is 400 g/mol. The van der Waals surface area contributed by atoms with E-state index in [4.69, 9.17) is 21.0 Å². The van der Waals surface area contributed by atoms with Crippen molar-refractivity contribution in [3.8, 4) is 5.75 Å². The van der Waals surface area contributed by atoms with E-state index in [1.54, 1.807) is 7.11 Å². The first-order chi connectivity index (χ1) is 10.8. The van der Waals surface area contributed by atoms with Gasteiger partial charge in [0, 0.05) is 0 Å². The van der Waals surface area contributed by atoms with Gasteiger partial charge in [-0.2, -0.15) is 10.1 Å². The molecule has 1 aromatic rings. The predicted molar refractivity (Wildman–Crippen MR) is 101 cm³/mol. The Morgan fingerprint density at radius 2 is 1.83 bits per heavy atom. The number of rotatable bonds is 6. The van der Waals surface area contributed by atoms with Crippen molar-refractivity contribution in [3.63, 3.8) is 0 Å². The Morgan fingerprint density at radius 3 is 2.38 bits per heavy atom. The number of hydroxylamine groups is 2. The van der Waals surface area contributed by atoms with Gasteiger partial charge in [0.25, 0.3) is 0 Å². The van der Waals surface area contributed by atoms with Crippen LogP contribution < -0.4 is 16.2 Å².